The molecule has 3 N–H and O–H groups in total. The molecule has 10 nitrogen and oxygen atoms in total. The number of benzene rings is 1. The summed E-state index contributed by atoms with van der Waals surface area (Å²) in [6.45, 7) is 5.59. The molecule has 156 valence electrons. The van der Waals surface area contributed by atoms with Gasteiger partial charge in [-0.25, -0.2) is 4.79 Å². The number of carboxylic acid groups (broad SMARTS) is 1. The molecule has 1 aromatic carbocycles. The number of aliphatic carboxylic acids is 1. The van der Waals surface area contributed by atoms with Gasteiger partial charge in [-0.2, -0.15) is 0 Å². The Hall–Kier alpha value is -3.43. The quantitative estimate of drug-likeness (QED) is 0.382. The van der Waals surface area contributed by atoms with E-state index in [-0.39, 0.29) is 31.9 Å². The maximum absolute atomic E-state index is 12.3. The van der Waals surface area contributed by atoms with Gasteiger partial charge < -0.3 is 19.6 Å². The number of alkyl carbamates (subject to hydrolysis) is 1. The van der Waals surface area contributed by atoms with Crippen LogP contribution in [0.25, 0.3) is 0 Å². The third-order valence-corrected chi connectivity index (χ3v) is 4.00. The minimum absolute atomic E-state index is 0.0137. The Morgan fingerprint density at radius 2 is 1.76 bits per heavy atom. The van der Waals surface area contributed by atoms with E-state index in [1.54, 1.807) is 45.0 Å². The number of nitrogens with one attached hydrogen (secondary N) is 2. The van der Waals surface area contributed by atoms with E-state index in [0.29, 0.717) is 11.3 Å². The second-order valence-corrected chi connectivity index (χ2v) is 7.44. The van der Waals surface area contributed by atoms with Crippen LogP contribution in [-0.2, 0) is 19.1 Å². The van der Waals surface area contributed by atoms with Crippen molar-refractivity contribution in [1.29, 1.82) is 5.41 Å². The number of rotatable bonds is 5. The SMILES string of the molecule is CC(C)(C)OC(=O)NC(=N)c1ccc(N2CCN(CCC(=O)O)C(=O)C2=O)cc1. The van der Waals surface area contributed by atoms with Crippen molar-refractivity contribution in [2.45, 2.75) is 32.8 Å². The predicted molar refractivity (Wildman–Crippen MR) is 104 cm³/mol. The summed E-state index contributed by atoms with van der Waals surface area (Å²) in [6.07, 6.45) is -0.967. The highest BCUT2D eigenvalue weighted by Crippen LogP contribution is 2.19. The Morgan fingerprint density at radius 1 is 1.14 bits per heavy atom. The summed E-state index contributed by atoms with van der Waals surface area (Å²) < 4.78 is 5.10. The van der Waals surface area contributed by atoms with E-state index in [1.165, 1.54) is 9.80 Å². The Balaban J connectivity index is 2.00. The Bertz CT molecular complexity index is 828. The van der Waals surface area contributed by atoms with E-state index < -0.39 is 29.5 Å². The number of piperazine rings is 1. The van der Waals surface area contributed by atoms with Gasteiger partial charge in [0.15, 0.2) is 0 Å². The number of carboxylic acids is 1. The van der Waals surface area contributed by atoms with Gasteiger partial charge in [-0.1, -0.05) is 0 Å². The molecule has 1 aromatic rings. The van der Waals surface area contributed by atoms with Crippen LogP contribution in [0.3, 0.4) is 0 Å². The van der Waals surface area contributed by atoms with Crippen LogP contribution in [0.1, 0.15) is 32.8 Å². The lowest BCUT2D eigenvalue weighted by Crippen LogP contribution is -2.54. The molecule has 1 aliphatic heterocycles. The van der Waals surface area contributed by atoms with Crippen LogP contribution >= 0.6 is 0 Å². The zero-order valence-electron chi connectivity index (χ0n) is 16.5. The summed E-state index contributed by atoms with van der Waals surface area (Å²) in [5.74, 6) is -2.69. The summed E-state index contributed by atoms with van der Waals surface area (Å²) in [5, 5.41) is 19.0. The number of hydrogen-bond acceptors (Lipinski definition) is 6. The van der Waals surface area contributed by atoms with Gasteiger partial charge >= 0.3 is 23.9 Å². The first kappa shape index (κ1) is 21.9. The molecule has 1 saturated heterocycles. The number of anilines is 1. The lowest BCUT2D eigenvalue weighted by atomic mass is 10.1. The average molecular weight is 404 g/mol. The van der Waals surface area contributed by atoms with E-state index in [0.717, 1.165) is 0 Å². The first-order chi connectivity index (χ1) is 13.5. The second kappa shape index (κ2) is 8.72. The molecule has 10 heteroatoms. The second-order valence-electron chi connectivity index (χ2n) is 7.44. The number of carbonyl (C=O) groups is 4. The first-order valence-corrected chi connectivity index (χ1v) is 8.99. The van der Waals surface area contributed by atoms with Gasteiger partial charge in [0.1, 0.15) is 11.4 Å². The van der Waals surface area contributed by atoms with Crippen molar-refractivity contribution >= 4 is 35.4 Å². The minimum atomic E-state index is -1.04. The van der Waals surface area contributed by atoms with Crippen LogP contribution in [0.2, 0.25) is 0 Å². The topological polar surface area (TPSA) is 140 Å². The fourth-order valence-corrected chi connectivity index (χ4v) is 2.65. The average Bonchev–Trinajstić information content (AvgIpc) is 2.61. The Kier molecular flexibility index (Phi) is 6.57. The van der Waals surface area contributed by atoms with Crippen molar-refractivity contribution in [3.05, 3.63) is 29.8 Å². The highest BCUT2D eigenvalue weighted by Gasteiger charge is 2.33. The zero-order valence-corrected chi connectivity index (χ0v) is 16.5. The van der Waals surface area contributed by atoms with Crippen molar-refractivity contribution < 1.29 is 29.0 Å². The molecule has 0 aliphatic carbocycles. The van der Waals surface area contributed by atoms with Crippen LogP contribution < -0.4 is 10.2 Å². The summed E-state index contributed by atoms with van der Waals surface area (Å²) in [6, 6.07) is 6.23. The van der Waals surface area contributed by atoms with Crippen molar-refractivity contribution in [3.63, 3.8) is 0 Å². The molecule has 0 saturated carbocycles. The summed E-state index contributed by atoms with van der Waals surface area (Å²) in [4.78, 5) is 49.5. The summed E-state index contributed by atoms with van der Waals surface area (Å²) >= 11 is 0. The first-order valence-electron chi connectivity index (χ1n) is 8.99. The number of nitrogens with zero attached hydrogens (tertiary/aromatic N) is 2. The molecule has 2 rings (SSSR count). The number of hydrogen-bond donors (Lipinski definition) is 3. The van der Waals surface area contributed by atoms with Gasteiger partial charge in [-0.15, -0.1) is 0 Å². The van der Waals surface area contributed by atoms with E-state index in [1.807, 2.05) is 0 Å². The van der Waals surface area contributed by atoms with E-state index >= 15 is 0 Å². The maximum atomic E-state index is 12.3. The fraction of sp³-hybridized carbons (Fsp3) is 0.421. The van der Waals surface area contributed by atoms with Crippen LogP contribution in [0.15, 0.2) is 24.3 Å². The van der Waals surface area contributed by atoms with Crippen LogP contribution in [0, 0.1) is 5.41 Å². The van der Waals surface area contributed by atoms with Gasteiger partial charge in [-0.05, 0) is 45.0 Å². The lowest BCUT2D eigenvalue weighted by molar-refractivity contribution is -0.147. The van der Waals surface area contributed by atoms with Crippen molar-refractivity contribution in [1.82, 2.24) is 10.2 Å². The number of amidine groups is 1. The standard InChI is InChI=1S/C19H24N4O6/c1-19(2,3)29-18(28)21-15(20)12-4-6-13(7-5-12)23-11-10-22(9-8-14(24)25)16(26)17(23)27/h4-7H,8-11H2,1-3H3,(H,24,25)(H2,20,21,28). The molecule has 0 spiro atoms. The molecule has 0 atom stereocenters. The van der Waals surface area contributed by atoms with E-state index in [9.17, 15) is 19.2 Å². The van der Waals surface area contributed by atoms with Crippen molar-refractivity contribution in [2.24, 2.45) is 0 Å². The monoisotopic (exact) mass is 404 g/mol. The van der Waals surface area contributed by atoms with Gasteiger partial charge in [0, 0.05) is 30.9 Å². The third kappa shape index (κ3) is 6.03. The maximum Gasteiger partial charge on any atom is 0.413 e. The highest BCUT2D eigenvalue weighted by atomic mass is 16.6. The zero-order chi connectivity index (χ0) is 21.8. The number of carbonyl (C=O) groups excluding carboxylic acids is 3. The van der Waals surface area contributed by atoms with E-state index in [4.69, 9.17) is 15.3 Å². The smallest absolute Gasteiger partial charge is 0.413 e. The van der Waals surface area contributed by atoms with Crippen LogP contribution in [-0.4, -0.2) is 65.0 Å². The predicted octanol–water partition coefficient (Wildman–Crippen LogP) is 1.19. The molecule has 1 aliphatic rings. The molecular weight excluding hydrogens is 380 g/mol. The number of ether oxygens (including phenoxy) is 1. The van der Waals surface area contributed by atoms with Crippen LogP contribution in [0.4, 0.5) is 10.5 Å². The Morgan fingerprint density at radius 3 is 2.31 bits per heavy atom. The molecule has 0 unspecified atom stereocenters. The third-order valence-electron chi connectivity index (χ3n) is 4.00. The molecule has 3 amide bonds. The molecule has 1 fully saturated rings. The molecule has 0 aromatic heterocycles. The minimum Gasteiger partial charge on any atom is -0.481 e. The summed E-state index contributed by atoms with van der Waals surface area (Å²) in [5.41, 5.74) is 0.182. The molecule has 0 radical (unpaired) electrons. The van der Waals surface area contributed by atoms with Crippen molar-refractivity contribution in [3.8, 4) is 0 Å². The molecule has 0 bridgehead atoms. The van der Waals surface area contributed by atoms with E-state index in [2.05, 4.69) is 5.32 Å². The largest absolute Gasteiger partial charge is 0.481 e. The fourth-order valence-electron chi connectivity index (χ4n) is 2.65. The van der Waals surface area contributed by atoms with Gasteiger partial charge in [0.05, 0.1) is 6.42 Å². The normalized spacial score (nSPS) is 14.6. The summed E-state index contributed by atoms with van der Waals surface area (Å²) in [7, 11) is 0. The molecule has 29 heavy (non-hydrogen) atoms. The van der Waals surface area contributed by atoms with Gasteiger partial charge in [0.2, 0.25) is 0 Å². The van der Waals surface area contributed by atoms with Gasteiger partial charge in [0.25, 0.3) is 0 Å². The van der Waals surface area contributed by atoms with Crippen LogP contribution in [0.5, 0.6) is 0 Å². The molecule has 1 heterocycles. The lowest BCUT2D eigenvalue weighted by Gasteiger charge is -2.33. The molecular formula is C19H24N4O6. The number of amides is 3. The Labute approximate surface area is 167 Å². The van der Waals surface area contributed by atoms with Gasteiger partial charge in [-0.3, -0.25) is 25.1 Å². The highest BCUT2D eigenvalue weighted by molar-refractivity contribution is 6.41. The van der Waals surface area contributed by atoms with Crippen molar-refractivity contribution in [2.75, 3.05) is 24.5 Å².